The average Bonchev–Trinajstić information content (AvgIpc) is 3.19. The van der Waals surface area contributed by atoms with E-state index in [0.717, 1.165) is 56.6 Å². The van der Waals surface area contributed by atoms with Crippen LogP contribution < -0.4 is 4.74 Å². The Morgan fingerprint density at radius 2 is 2.24 bits per heavy atom. The number of para-hydroxylation sites is 1. The fourth-order valence-electron chi connectivity index (χ4n) is 6.35. The zero-order valence-corrected chi connectivity index (χ0v) is 14.6. The molecule has 132 valence electrons. The number of hydrogen-bond donors (Lipinski definition) is 1. The molecule has 4 unspecified atom stereocenters. The first-order valence-corrected chi connectivity index (χ1v) is 9.48. The van der Waals surface area contributed by atoms with Crippen LogP contribution in [0.3, 0.4) is 0 Å². The van der Waals surface area contributed by atoms with Gasteiger partial charge in [0.25, 0.3) is 0 Å². The summed E-state index contributed by atoms with van der Waals surface area (Å²) < 4.78 is 14.0. The van der Waals surface area contributed by atoms with Crippen molar-refractivity contribution in [1.82, 2.24) is 9.47 Å². The third kappa shape index (κ3) is 1.60. The van der Waals surface area contributed by atoms with Crippen molar-refractivity contribution in [2.45, 2.75) is 44.1 Å². The number of aromatic nitrogens is 1. The highest BCUT2D eigenvalue weighted by Gasteiger charge is 2.60. The highest BCUT2D eigenvalue weighted by molar-refractivity contribution is 5.91. The molecule has 0 aliphatic carbocycles. The van der Waals surface area contributed by atoms with Gasteiger partial charge in [0.05, 0.1) is 24.8 Å². The normalized spacial score (nSPS) is 36.3. The van der Waals surface area contributed by atoms with Crippen LogP contribution >= 0.6 is 0 Å². The van der Waals surface area contributed by atoms with Crippen molar-refractivity contribution in [2.24, 2.45) is 5.41 Å². The molecule has 1 N–H and O–H groups in total. The first kappa shape index (κ1) is 14.6. The van der Waals surface area contributed by atoms with Crippen LogP contribution in [-0.4, -0.2) is 47.5 Å². The van der Waals surface area contributed by atoms with Crippen LogP contribution in [0.5, 0.6) is 5.75 Å². The molecule has 1 aromatic heterocycles. The van der Waals surface area contributed by atoms with Gasteiger partial charge in [-0.3, -0.25) is 4.90 Å². The molecule has 0 bridgehead atoms. The minimum Gasteiger partial charge on any atom is -0.495 e. The molecule has 25 heavy (non-hydrogen) atoms. The van der Waals surface area contributed by atoms with E-state index in [0.29, 0.717) is 12.1 Å². The number of ether oxygens (including phenoxy) is 2. The van der Waals surface area contributed by atoms with E-state index in [1.165, 1.54) is 16.6 Å². The van der Waals surface area contributed by atoms with Gasteiger partial charge in [0.2, 0.25) is 0 Å². The van der Waals surface area contributed by atoms with Crippen molar-refractivity contribution in [3.8, 4) is 5.75 Å². The molecule has 2 fully saturated rings. The molecular formula is C20H24N2O3. The van der Waals surface area contributed by atoms with Gasteiger partial charge in [-0.25, -0.2) is 0 Å². The molecule has 5 heterocycles. The van der Waals surface area contributed by atoms with Crippen molar-refractivity contribution in [1.29, 1.82) is 0 Å². The highest BCUT2D eigenvalue weighted by Crippen LogP contribution is 2.62. The summed E-state index contributed by atoms with van der Waals surface area (Å²) in [5.74, 6) is 0.864. The first-order chi connectivity index (χ1) is 12.2. The van der Waals surface area contributed by atoms with E-state index >= 15 is 0 Å². The lowest BCUT2D eigenvalue weighted by Crippen LogP contribution is -2.57. The summed E-state index contributed by atoms with van der Waals surface area (Å²) in [5, 5.41) is 12.5. The van der Waals surface area contributed by atoms with Crippen molar-refractivity contribution in [2.75, 3.05) is 26.8 Å². The van der Waals surface area contributed by atoms with E-state index in [1.54, 1.807) is 7.11 Å². The van der Waals surface area contributed by atoms with Gasteiger partial charge < -0.3 is 19.1 Å². The van der Waals surface area contributed by atoms with Crippen molar-refractivity contribution in [3.05, 3.63) is 29.5 Å². The van der Waals surface area contributed by atoms with Crippen LogP contribution in [0.25, 0.3) is 10.9 Å². The number of aliphatic hydroxyl groups is 1. The zero-order valence-electron chi connectivity index (χ0n) is 14.6. The highest BCUT2D eigenvalue weighted by atomic mass is 16.5. The summed E-state index contributed by atoms with van der Waals surface area (Å²) in [5.41, 5.74) is 3.89. The number of aliphatic hydroxyl groups excluding tert-OH is 1. The molecule has 0 radical (unpaired) electrons. The summed E-state index contributed by atoms with van der Waals surface area (Å²) in [6.07, 6.45) is 3.80. The lowest BCUT2D eigenvalue weighted by atomic mass is 9.63. The first-order valence-electron chi connectivity index (χ1n) is 9.48. The Bertz CT molecular complexity index is 875. The maximum atomic E-state index is 11.2. The third-order valence-corrected chi connectivity index (χ3v) is 7.24. The molecule has 4 atom stereocenters. The molecule has 1 spiro atoms. The number of nitrogens with zero attached hydrogens (tertiary/aromatic N) is 2. The van der Waals surface area contributed by atoms with Crippen LogP contribution in [0, 0.1) is 5.41 Å². The lowest BCUT2D eigenvalue weighted by molar-refractivity contribution is -0.117. The molecule has 5 nitrogen and oxygen atoms in total. The average molecular weight is 340 g/mol. The summed E-state index contributed by atoms with van der Waals surface area (Å²) in [6, 6.07) is 6.65. The second-order valence-electron chi connectivity index (χ2n) is 8.09. The standard InChI is InChI=1S/C20H24N2O3/c1-24-14-4-2-3-12-13-5-8-21-9-6-15-20(7-10-25-15)11-16(23)22(17(12)14)18(13)19(20)21/h2-4,15-16,19,23H,5-11H2,1H3. The number of benzene rings is 1. The van der Waals surface area contributed by atoms with Crippen LogP contribution in [0.1, 0.15) is 42.8 Å². The summed E-state index contributed by atoms with van der Waals surface area (Å²) >= 11 is 0. The zero-order chi connectivity index (χ0) is 16.8. The minimum absolute atomic E-state index is 0.0739. The Morgan fingerprint density at radius 3 is 3.12 bits per heavy atom. The molecule has 2 saturated heterocycles. The quantitative estimate of drug-likeness (QED) is 0.867. The molecule has 4 aliphatic rings. The van der Waals surface area contributed by atoms with Crippen LogP contribution in [-0.2, 0) is 11.2 Å². The Hall–Kier alpha value is -1.56. The van der Waals surface area contributed by atoms with Gasteiger partial charge in [0, 0.05) is 42.6 Å². The Balaban J connectivity index is 1.70. The molecule has 2 aromatic rings. The molecule has 1 aromatic carbocycles. The van der Waals surface area contributed by atoms with Crippen LogP contribution in [0.2, 0.25) is 0 Å². The van der Waals surface area contributed by atoms with Crippen LogP contribution in [0.15, 0.2) is 18.2 Å². The van der Waals surface area contributed by atoms with Crippen molar-refractivity contribution < 1.29 is 14.6 Å². The monoisotopic (exact) mass is 340 g/mol. The lowest BCUT2D eigenvalue weighted by Gasteiger charge is -2.56. The van der Waals surface area contributed by atoms with Gasteiger partial charge >= 0.3 is 0 Å². The van der Waals surface area contributed by atoms with Gasteiger partial charge in [0.15, 0.2) is 0 Å². The Labute approximate surface area is 147 Å². The number of methoxy groups -OCH3 is 1. The predicted octanol–water partition coefficient (Wildman–Crippen LogP) is 2.62. The second kappa shape index (κ2) is 4.78. The van der Waals surface area contributed by atoms with Gasteiger partial charge in [0.1, 0.15) is 12.0 Å². The van der Waals surface area contributed by atoms with Gasteiger partial charge in [-0.1, -0.05) is 12.1 Å². The van der Waals surface area contributed by atoms with Crippen LogP contribution in [0.4, 0.5) is 0 Å². The van der Waals surface area contributed by atoms with Gasteiger partial charge in [-0.15, -0.1) is 0 Å². The SMILES string of the molecule is COc1cccc2c3c4n(c12)C(O)CC12CCOC1CCN(CC3)C42. The topological polar surface area (TPSA) is 46.9 Å². The Kier molecular flexibility index (Phi) is 2.79. The molecule has 6 rings (SSSR count). The summed E-state index contributed by atoms with van der Waals surface area (Å²) in [6.45, 7) is 3.05. The minimum atomic E-state index is -0.499. The smallest absolute Gasteiger partial charge is 0.143 e. The third-order valence-electron chi connectivity index (χ3n) is 7.24. The maximum Gasteiger partial charge on any atom is 0.143 e. The molecule has 0 saturated carbocycles. The summed E-state index contributed by atoms with van der Waals surface area (Å²) in [7, 11) is 1.72. The number of hydrogen-bond acceptors (Lipinski definition) is 4. The van der Waals surface area contributed by atoms with E-state index in [-0.39, 0.29) is 5.41 Å². The van der Waals surface area contributed by atoms with E-state index in [9.17, 15) is 5.11 Å². The molecule has 0 amide bonds. The second-order valence-corrected chi connectivity index (χ2v) is 8.09. The Morgan fingerprint density at radius 1 is 1.32 bits per heavy atom. The largest absolute Gasteiger partial charge is 0.495 e. The summed E-state index contributed by atoms with van der Waals surface area (Å²) in [4.78, 5) is 2.65. The fraction of sp³-hybridized carbons (Fsp3) is 0.600. The number of piperidine rings is 1. The van der Waals surface area contributed by atoms with Gasteiger partial charge in [-0.05, 0) is 30.9 Å². The molecule has 4 aliphatic heterocycles. The number of fused-ring (bicyclic) bond motifs is 3. The molecular weight excluding hydrogens is 316 g/mol. The van der Waals surface area contributed by atoms with Crippen molar-refractivity contribution in [3.63, 3.8) is 0 Å². The predicted molar refractivity (Wildman–Crippen MR) is 93.8 cm³/mol. The van der Waals surface area contributed by atoms with E-state index < -0.39 is 6.23 Å². The maximum absolute atomic E-state index is 11.2. The van der Waals surface area contributed by atoms with E-state index in [1.807, 2.05) is 6.07 Å². The fourth-order valence-corrected chi connectivity index (χ4v) is 6.35. The van der Waals surface area contributed by atoms with Crippen molar-refractivity contribution >= 4 is 10.9 Å². The number of rotatable bonds is 1. The van der Waals surface area contributed by atoms with Gasteiger partial charge in [-0.2, -0.15) is 0 Å². The van der Waals surface area contributed by atoms with E-state index in [4.69, 9.17) is 9.47 Å². The van der Waals surface area contributed by atoms with E-state index in [2.05, 4.69) is 21.6 Å². The molecule has 5 heteroatoms.